The van der Waals surface area contributed by atoms with Gasteiger partial charge in [0, 0.05) is 36.1 Å². The maximum atomic E-state index is 11.2. The molecule has 0 bridgehead atoms. The van der Waals surface area contributed by atoms with E-state index >= 15 is 0 Å². The van der Waals surface area contributed by atoms with Crippen LogP contribution in [-0.4, -0.2) is 43.8 Å². The third kappa shape index (κ3) is 3.36. The molecule has 1 atom stereocenters. The van der Waals surface area contributed by atoms with Crippen LogP contribution in [0.3, 0.4) is 0 Å². The van der Waals surface area contributed by atoms with Crippen LogP contribution in [0.15, 0.2) is 0 Å². The van der Waals surface area contributed by atoms with E-state index in [2.05, 4.69) is 10.4 Å². The summed E-state index contributed by atoms with van der Waals surface area (Å²) in [6.45, 7) is 2.63. The molecule has 2 heterocycles. The fraction of sp³-hybridized carbons (Fsp3) is 0.727. The molecule has 1 fully saturated rings. The van der Waals surface area contributed by atoms with E-state index in [1.807, 2.05) is 30.4 Å². The van der Waals surface area contributed by atoms with Crippen LogP contribution in [0.25, 0.3) is 0 Å². The third-order valence-electron chi connectivity index (χ3n) is 2.99. The SMILES string of the molecule is CCc1nn(C)c(NCC2CSCCS2)c1[N+](=O)[O-]. The smallest absolute Gasteiger partial charge is 0.333 e. The Morgan fingerprint density at radius 3 is 2.95 bits per heavy atom. The highest BCUT2D eigenvalue weighted by molar-refractivity contribution is 8.06. The van der Waals surface area contributed by atoms with Crippen LogP contribution in [-0.2, 0) is 13.5 Å². The van der Waals surface area contributed by atoms with Gasteiger partial charge in [0.1, 0.15) is 5.69 Å². The second-order valence-electron chi connectivity index (χ2n) is 4.33. The van der Waals surface area contributed by atoms with Gasteiger partial charge in [0.15, 0.2) is 0 Å². The quantitative estimate of drug-likeness (QED) is 0.663. The normalized spacial score (nSPS) is 19.4. The zero-order valence-corrected chi connectivity index (χ0v) is 12.7. The number of aromatic nitrogens is 2. The molecule has 1 aliphatic heterocycles. The lowest BCUT2D eigenvalue weighted by Crippen LogP contribution is -2.24. The van der Waals surface area contributed by atoms with Gasteiger partial charge in [-0.15, -0.1) is 0 Å². The molecule has 1 aromatic heterocycles. The number of rotatable bonds is 5. The molecule has 106 valence electrons. The summed E-state index contributed by atoms with van der Waals surface area (Å²) in [5, 5.41) is 19.1. The summed E-state index contributed by atoms with van der Waals surface area (Å²) >= 11 is 3.88. The highest BCUT2D eigenvalue weighted by Gasteiger charge is 2.26. The molecular weight excluding hydrogens is 284 g/mol. The fourth-order valence-corrected chi connectivity index (χ4v) is 4.67. The van der Waals surface area contributed by atoms with Gasteiger partial charge in [-0.25, -0.2) is 4.68 Å². The summed E-state index contributed by atoms with van der Waals surface area (Å²) in [6.07, 6.45) is 0.569. The van der Waals surface area contributed by atoms with Crippen LogP contribution in [0, 0.1) is 10.1 Å². The minimum Gasteiger partial charge on any atom is -0.363 e. The van der Waals surface area contributed by atoms with Gasteiger partial charge >= 0.3 is 5.69 Å². The standard InChI is InChI=1S/C11H18N4O2S2/c1-3-9-10(15(16)17)11(14(2)13-9)12-6-8-7-18-4-5-19-8/h8,12H,3-7H2,1-2H3. The fourth-order valence-electron chi connectivity index (χ4n) is 2.06. The van der Waals surface area contributed by atoms with Gasteiger partial charge in [-0.05, 0) is 6.42 Å². The Hall–Kier alpha value is -0.890. The molecular formula is C11H18N4O2S2. The highest BCUT2D eigenvalue weighted by Crippen LogP contribution is 2.30. The van der Waals surface area contributed by atoms with Gasteiger partial charge in [-0.1, -0.05) is 6.92 Å². The van der Waals surface area contributed by atoms with Crippen LogP contribution in [0.1, 0.15) is 12.6 Å². The van der Waals surface area contributed by atoms with E-state index in [9.17, 15) is 10.1 Å². The number of anilines is 1. The van der Waals surface area contributed by atoms with Gasteiger partial charge in [-0.2, -0.15) is 28.6 Å². The second kappa shape index (κ2) is 6.51. The Balaban J connectivity index is 2.10. The maximum absolute atomic E-state index is 11.2. The largest absolute Gasteiger partial charge is 0.363 e. The Morgan fingerprint density at radius 1 is 1.58 bits per heavy atom. The van der Waals surface area contributed by atoms with E-state index in [-0.39, 0.29) is 10.6 Å². The minimum atomic E-state index is -0.336. The predicted octanol–water partition coefficient (Wildman–Crippen LogP) is 2.15. The van der Waals surface area contributed by atoms with Crippen molar-refractivity contribution in [1.29, 1.82) is 0 Å². The first-order valence-corrected chi connectivity index (χ1v) is 8.47. The molecule has 0 aromatic carbocycles. The van der Waals surface area contributed by atoms with Crippen LogP contribution in [0.5, 0.6) is 0 Å². The van der Waals surface area contributed by atoms with Crippen molar-refractivity contribution >= 4 is 35.0 Å². The maximum Gasteiger partial charge on any atom is 0.333 e. The lowest BCUT2D eigenvalue weighted by Gasteiger charge is -2.21. The molecule has 1 saturated heterocycles. The summed E-state index contributed by atoms with van der Waals surface area (Å²) in [7, 11) is 1.75. The van der Waals surface area contributed by atoms with Crippen LogP contribution < -0.4 is 5.32 Å². The molecule has 0 radical (unpaired) electrons. The predicted molar refractivity (Wildman–Crippen MR) is 81.3 cm³/mol. The number of nitrogens with one attached hydrogen (secondary N) is 1. The van der Waals surface area contributed by atoms with E-state index < -0.39 is 0 Å². The number of nitrogens with zero attached hydrogens (tertiary/aromatic N) is 3. The van der Waals surface area contributed by atoms with Gasteiger partial charge in [0.25, 0.3) is 0 Å². The molecule has 6 nitrogen and oxygen atoms in total. The molecule has 0 spiro atoms. The highest BCUT2D eigenvalue weighted by atomic mass is 32.2. The van der Waals surface area contributed by atoms with E-state index in [0.29, 0.717) is 23.2 Å². The Bertz CT molecular complexity index is 458. The molecule has 2 rings (SSSR count). The first kappa shape index (κ1) is 14.5. The number of nitro groups is 1. The first-order chi connectivity index (χ1) is 9.13. The van der Waals surface area contributed by atoms with E-state index in [1.54, 1.807) is 11.7 Å². The number of hydrogen-bond donors (Lipinski definition) is 1. The first-order valence-electron chi connectivity index (χ1n) is 6.27. The number of aryl methyl sites for hydroxylation is 2. The van der Waals surface area contributed by atoms with Crippen molar-refractivity contribution in [2.75, 3.05) is 29.1 Å². The van der Waals surface area contributed by atoms with Crippen molar-refractivity contribution in [1.82, 2.24) is 9.78 Å². The molecule has 1 N–H and O–H groups in total. The Kier molecular flexibility index (Phi) is 4.98. The zero-order valence-electron chi connectivity index (χ0n) is 11.1. The summed E-state index contributed by atoms with van der Waals surface area (Å²) in [5.41, 5.74) is 0.666. The molecule has 0 aliphatic carbocycles. The van der Waals surface area contributed by atoms with Gasteiger partial charge in [-0.3, -0.25) is 10.1 Å². The third-order valence-corrected chi connectivity index (χ3v) is 5.84. The Morgan fingerprint density at radius 2 is 2.37 bits per heavy atom. The van der Waals surface area contributed by atoms with Crippen molar-refractivity contribution < 1.29 is 4.92 Å². The minimum absolute atomic E-state index is 0.124. The van der Waals surface area contributed by atoms with Crippen molar-refractivity contribution in [3.05, 3.63) is 15.8 Å². The molecule has 19 heavy (non-hydrogen) atoms. The average Bonchev–Trinajstić information content (AvgIpc) is 2.74. The lowest BCUT2D eigenvalue weighted by atomic mass is 10.3. The van der Waals surface area contributed by atoms with E-state index in [4.69, 9.17) is 0 Å². The molecule has 1 aliphatic rings. The van der Waals surface area contributed by atoms with Gasteiger partial charge in [0.05, 0.1) is 4.92 Å². The number of thioether (sulfide) groups is 2. The van der Waals surface area contributed by atoms with Crippen molar-refractivity contribution in [3.63, 3.8) is 0 Å². The van der Waals surface area contributed by atoms with Gasteiger partial charge in [0.2, 0.25) is 5.82 Å². The van der Waals surface area contributed by atoms with Gasteiger partial charge < -0.3 is 5.32 Å². The molecule has 1 aromatic rings. The van der Waals surface area contributed by atoms with E-state index in [0.717, 1.165) is 18.1 Å². The van der Waals surface area contributed by atoms with Crippen molar-refractivity contribution in [2.24, 2.45) is 7.05 Å². The summed E-state index contributed by atoms with van der Waals surface area (Å²) in [6, 6.07) is 0. The molecule has 0 amide bonds. The van der Waals surface area contributed by atoms with E-state index in [1.165, 1.54) is 5.75 Å². The number of hydrogen-bond acceptors (Lipinski definition) is 6. The molecule has 8 heteroatoms. The van der Waals surface area contributed by atoms with Crippen molar-refractivity contribution in [3.8, 4) is 0 Å². The molecule has 0 saturated carbocycles. The Labute approximate surface area is 120 Å². The summed E-state index contributed by atoms with van der Waals surface area (Å²) < 4.78 is 1.58. The van der Waals surface area contributed by atoms with Crippen molar-refractivity contribution in [2.45, 2.75) is 18.6 Å². The zero-order chi connectivity index (χ0) is 13.8. The monoisotopic (exact) mass is 302 g/mol. The molecule has 1 unspecified atom stereocenters. The van der Waals surface area contributed by atoms with Crippen LogP contribution >= 0.6 is 23.5 Å². The van der Waals surface area contributed by atoms with Crippen LogP contribution in [0.2, 0.25) is 0 Å². The second-order valence-corrected chi connectivity index (χ2v) is 6.88. The van der Waals surface area contributed by atoms with Crippen LogP contribution in [0.4, 0.5) is 11.5 Å². The summed E-state index contributed by atoms with van der Waals surface area (Å²) in [5.74, 6) is 3.99. The topological polar surface area (TPSA) is 73.0 Å². The average molecular weight is 302 g/mol. The lowest BCUT2D eigenvalue weighted by molar-refractivity contribution is -0.384. The summed E-state index contributed by atoms with van der Waals surface area (Å²) in [4.78, 5) is 10.8.